The zero-order chi connectivity index (χ0) is 84.7. The molecule has 0 saturated carbocycles. The molecule has 12 heteroatoms. The average Bonchev–Trinajstić information content (AvgIpc) is 1.62. The van der Waals surface area contributed by atoms with Crippen LogP contribution in [0.3, 0.4) is 0 Å². The van der Waals surface area contributed by atoms with Crippen LogP contribution in [0.25, 0.3) is 69.7 Å². The van der Waals surface area contributed by atoms with Crippen molar-refractivity contribution in [3.8, 4) is 69.7 Å². The Morgan fingerprint density at radius 2 is 0.328 bits per heavy atom. The van der Waals surface area contributed by atoms with Crippen LogP contribution in [-0.2, 0) is 38.5 Å². The Kier molecular flexibility index (Phi) is 60.1. The van der Waals surface area contributed by atoms with Gasteiger partial charge in [-0.05, 0) is 169 Å². The fourth-order valence-corrected chi connectivity index (χ4v) is 26.0. The maximum Gasteiger partial charge on any atom is 1.00 e. The molecule has 0 spiro atoms. The molecule has 2 aromatic carbocycles. The summed E-state index contributed by atoms with van der Waals surface area (Å²) in [7, 11) is 0. The van der Waals surface area contributed by atoms with Gasteiger partial charge in [-0.3, -0.25) is 0 Å². The van der Waals surface area contributed by atoms with Gasteiger partial charge in [-0.1, -0.05) is 437 Å². The summed E-state index contributed by atoms with van der Waals surface area (Å²) in [6, 6.07) is 30.7. The van der Waals surface area contributed by atoms with Crippen molar-refractivity contribution in [1.82, 2.24) is 0 Å². The van der Waals surface area contributed by atoms with Crippen molar-refractivity contribution in [2.75, 3.05) is 0 Å². The van der Waals surface area contributed by atoms with Crippen molar-refractivity contribution >= 4 is 80.0 Å². The van der Waals surface area contributed by atoms with Gasteiger partial charge in [0, 0.05) is 58.5 Å². The van der Waals surface area contributed by atoms with Crippen molar-refractivity contribution in [2.24, 2.45) is 0 Å². The molecule has 0 aliphatic rings. The number of carbonyl (C=O) groups excluding carboxylic acids is 2. The zero-order valence-corrected chi connectivity index (χ0v) is 87.7. The Labute approximate surface area is 814 Å². The topological polar surface area (TPSA) is 80.3 Å². The minimum absolute atomic E-state index is 0. The summed E-state index contributed by atoms with van der Waals surface area (Å²) in [6.45, 7) is 13.9. The van der Waals surface area contributed by atoms with Crippen LogP contribution in [0.15, 0.2) is 84.9 Å². The van der Waals surface area contributed by atoms with E-state index in [9.17, 15) is 19.8 Å². The predicted octanol–water partition coefficient (Wildman–Crippen LogP) is 31.2. The molecule has 0 aliphatic heterocycles. The van der Waals surface area contributed by atoms with E-state index in [1.54, 1.807) is 35.4 Å². The first-order chi connectivity index (χ1) is 59.1. The maximum atomic E-state index is 12.1. The van der Waals surface area contributed by atoms with Gasteiger partial charge in [0.05, 0.1) is 11.9 Å². The second-order valence-corrected chi connectivity index (χ2v) is 42.4. The number of carbonyl (C=O) groups is 2. The smallest absolute Gasteiger partial charge is 0.545 e. The van der Waals surface area contributed by atoms with Gasteiger partial charge in [0.25, 0.3) is 0 Å². The molecule has 0 saturated heterocycles. The number of carboxylic acids is 2. The first kappa shape index (κ1) is 108. The quantitative estimate of drug-likeness (QED) is 0.0281. The standard InChI is InChI=1S/C110H166O4S6.2Na/c1-7-13-19-25-31-37-43-49-55-61-67-91-81-97(87-73-77-89(78-74-87)109(111)112)115-103(91)105-93(69-63-57-51-45-39-33-27-21-15-9-3)83-99(117-105)101-85-95(71-65-59-53-47-41-35-29-23-17-11-5)107(119-101)108-96(72-66-60-54-48-42-36-30-24-18-12-6)86-102(120-108)100-84-94(70-64-58-52-46-40-34-28-22-16-10-4)106(118-100)104-92(68-62-56-50-44-38-32-26-20-14-8-2)82-98(116-104)88-75-79-90(80-76-88)110(113)114;;/h73-86H,7-72H2,1-6H3,(H,111,112)(H,113,114);;/q;2*+1/p-2. The van der Waals surface area contributed by atoms with Crippen molar-refractivity contribution < 1.29 is 78.9 Å². The van der Waals surface area contributed by atoms with Crippen LogP contribution in [0.2, 0.25) is 0 Å². The number of hydrogen-bond donors (Lipinski definition) is 0. The molecule has 122 heavy (non-hydrogen) atoms. The molecule has 0 fully saturated rings. The average molecular weight is 1790 g/mol. The monoisotopic (exact) mass is 1790 g/mol. The molecular formula is C110H164Na2O4S6. The fraction of sp³-hybridized carbons (Fsp3) is 0.655. The molecule has 6 aromatic heterocycles. The third-order valence-electron chi connectivity index (χ3n) is 25.6. The van der Waals surface area contributed by atoms with E-state index in [4.69, 9.17) is 0 Å². The van der Waals surface area contributed by atoms with Crippen molar-refractivity contribution in [3.63, 3.8) is 0 Å². The molecule has 8 aromatic rings. The molecule has 0 unspecified atom stereocenters. The molecule has 0 bridgehead atoms. The number of hydrogen-bond acceptors (Lipinski definition) is 10. The number of thiophene rings is 6. The summed E-state index contributed by atoms with van der Waals surface area (Å²) in [6.07, 6.45) is 86.1. The van der Waals surface area contributed by atoms with Crippen LogP contribution in [0, 0.1) is 0 Å². The van der Waals surface area contributed by atoms with Gasteiger partial charge in [-0.15, -0.1) is 68.0 Å². The summed E-state index contributed by atoms with van der Waals surface area (Å²) in [4.78, 5) is 41.3. The molecule has 666 valence electrons. The van der Waals surface area contributed by atoms with E-state index in [1.165, 1.54) is 466 Å². The summed E-state index contributed by atoms with van der Waals surface area (Å²) in [5.74, 6) is -2.24. The van der Waals surface area contributed by atoms with E-state index in [0.29, 0.717) is 0 Å². The molecule has 0 atom stereocenters. The van der Waals surface area contributed by atoms with Gasteiger partial charge >= 0.3 is 59.1 Å². The van der Waals surface area contributed by atoms with E-state index < -0.39 is 11.9 Å². The number of aromatic carboxylic acids is 2. The third-order valence-corrected chi connectivity index (χ3v) is 33.6. The van der Waals surface area contributed by atoms with E-state index in [2.05, 4.69) is 123 Å². The molecule has 8 rings (SSSR count). The van der Waals surface area contributed by atoms with Gasteiger partial charge in [0.2, 0.25) is 0 Å². The normalized spacial score (nSPS) is 11.6. The van der Waals surface area contributed by atoms with E-state index in [0.717, 1.165) is 49.7 Å². The second-order valence-electron chi connectivity index (χ2n) is 36.1. The van der Waals surface area contributed by atoms with Crippen LogP contribution in [0.1, 0.15) is 481 Å². The Hall–Kier alpha value is -2.42. The Morgan fingerprint density at radius 3 is 0.475 bits per heavy atom. The van der Waals surface area contributed by atoms with Crippen LogP contribution in [0.5, 0.6) is 0 Å². The van der Waals surface area contributed by atoms with Crippen LogP contribution in [-0.4, -0.2) is 11.9 Å². The molecular weight excluding hydrogens is 1620 g/mol. The zero-order valence-electron chi connectivity index (χ0n) is 78.8. The first-order valence-electron chi connectivity index (χ1n) is 50.5. The Balaban J connectivity index is 0.0000115. The number of rotatable bonds is 75. The second kappa shape index (κ2) is 67.7. The molecule has 0 aliphatic carbocycles. The number of benzene rings is 2. The van der Waals surface area contributed by atoms with Gasteiger partial charge in [-0.2, -0.15) is 0 Å². The van der Waals surface area contributed by atoms with Crippen molar-refractivity contribution in [3.05, 3.63) is 129 Å². The van der Waals surface area contributed by atoms with E-state index >= 15 is 0 Å². The van der Waals surface area contributed by atoms with Crippen LogP contribution >= 0.6 is 68.0 Å². The van der Waals surface area contributed by atoms with Gasteiger partial charge < -0.3 is 19.8 Å². The minimum atomic E-state index is -1.12. The molecule has 0 N–H and O–H groups in total. The van der Waals surface area contributed by atoms with Crippen LogP contribution < -0.4 is 69.3 Å². The molecule has 4 nitrogen and oxygen atoms in total. The Morgan fingerprint density at radius 1 is 0.197 bits per heavy atom. The van der Waals surface area contributed by atoms with Gasteiger partial charge in [0.15, 0.2) is 0 Å². The SMILES string of the molecule is CCCCCCCCCCCCc1cc(-c2ccc(C(=O)[O-])cc2)sc1-c1sc(-c2cc(CCCCCCCCCCCC)c(-c3sc(-c4cc(CCCCCCCCCCCC)c(-c5sc(-c6ccc(C(=O)[O-])cc6)cc5CCCCCCCCCCCC)s4)cc3CCCCCCCCCCCC)s2)cc1CCCCCCCCCCCC.[Na+].[Na+]. The number of aryl methyl sites for hydroxylation is 6. The van der Waals surface area contributed by atoms with Crippen LogP contribution in [0.4, 0.5) is 0 Å². The number of unbranched alkanes of at least 4 members (excludes halogenated alkanes) is 54. The summed E-state index contributed by atoms with van der Waals surface area (Å²) in [5.41, 5.74) is 11.7. The third kappa shape index (κ3) is 40.9. The summed E-state index contributed by atoms with van der Waals surface area (Å²) >= 11 is 12.3. The van der Waals surface area contributed by atoms with E-state index in [-0.39, 0.29) is 70.2 Å². The maximum absolute atomic E-state index is 12.1. The minimum Gasteiger partial charge on any atom is -0.545 e. The van der Waals surface area contributed by atoms with Gasteiger partial charge in [0.1, 0.15) is 0 Å². The van der Waals surface area contributed by atoms with Gasteiger partial charge in [-0.25, -0.2) is 0 Å². The molecule has 0 amide bonds. The summed E-state index contributed by atoms with van der Waals surface area (Å²) < 4.78 is 0. The summed E-state index contributed by atoms with van der Waals surface area (Å²) in [5, 5.41) is 24.2. The Bertz CT molecular complexity index is 3710. The number of carboxylic acid groups (broad SMARTS) is 2. The van der Waals surface area contributed by atoms with Crippen molar-refractivity contribution in [2.45, 2.75) is 465 Å². The molecule has 6 heterocycles. The largest absolute Gasteiger partial charge is 1.00 e. The van der Waals surface area contributed by atoms with E-state index in [1.807, 2.05) is 46.9 Å². The fourth-order valence-electron chi connectivity index (χ4n) is 18.0. The molecule has 0 radical (unpaired) electrons. The predicted molar refractivity (Wildman–Crippen MR) is 534 cm³/mol. The first-order valence-corrected chi connectivity index (χ1v) is 55.4. The van der Waals surface area contributed by atoms with Crippen molar-refractivity contribution in [1.29, 1.82) is 0 Å².